The molecule has 0 radical (unpaired) electrons. The molecule has 1 unspecified atom stereocenters. The summed E-state index contributed by atoms with van der Waals surface area (Å²) in [5, 5.41) is 15.0. The Hall–Kier alpha value is -1.40. The van der Waals surface area contributed by atoms with Gasteiger partial charge in [0.05, 0.1) is 11.6 Å². The van der Waals surface area contributed by atoms with Crippen LogP contribution in [0, 0.1) is 0 Å². The molecular formula is C14H17BrN2O3. The number of benzene rings is 1. The van der Waals surface area contributed by atoms with Gasteiger partial charge in [-0.05, 0) is 37.5 Å². The lowest BCUT2D eigenvalue weighted by molar-refractivity contribution is -0.122. The summed E-state index contributed by atoms with van der Waals surface area (Å²) in [5.41, 5.74) is 1.15. The van der Waals surface area contributed by atoms with Crippen molar-refractivity contribution >= 4 is 27.8 Å². The molecule has 2 rings (SSSR count). The lowest BCUT2D eigenvalue weighted by Gasteiger charge is -2.14. The standard InChI is InChI=1S/C14H17BrN2O3/c1-8(13(18)17-11-4-5-11)16-7-10-3-2-9(14(19)20)6-12(10)15/h2-3,6,8,11,16H,4-5,7H2,1H3,(H,17,18)(H,19,20). The molecule has 1 aliphatic rings. The Morgan fingerprint density at radius 3 is 2.70 bits per heavy atom. The number of amides is 1. The van der Waals surface area contributed by atoms with E-state index in [1.54, 1.807) is 18.2 Å². The quantitative estimate of drug-likeness (QED) is 0.739. The molecular weight excluding hydrogens is 324 g/mol. The number of halogens is 1. The molecule has 0 spiro atoms. The van der Waals surface area contributed by atoms with E-state index in [2.05, 4.69) is 26.6 Å². The molecule has 0 heterocycles. The number of nitrogens with one attached hydrogen (secondary N) is 2. The van der Waals surface area contributed by atoms with Gasteiger partial charge < -0.3 is 15.7 Å². The summed E-state index contributed by atoms with van der Waals surface area (Å²) in [6.45, 7) is 2.32. The van der Waals surface area contributed by atoms with E-state index < -0.39 is 5.97 Å². The van der Waals surface area contributed by atoms with Gasteiger partial charge in [0.25, 0.3) is 0 Å². The Morgan fingerprint density at radius 2 is 2.15 bits per heavy atom. The molecule has 0 aromatic heterocycles. The zero-order valence-electron chi connectivity index (χ0n) is 11.1. The molecule has 3 N–H and O–H groups in total. The molecule has 1 aromatic carbocycles. The van der Waals surface area contributed by atoms with Crippen LogP contribution in [-0.4, -0.2) is 29.1 Å². The number of aromatic carboxylic acids is 1. The maximum Gasteiger partial charge on any atom is 0.335 e. The van der Waals surface area contributed by atoms with Gasteiger partial charge in [-0.25, -0.2) is 4.79 Å². The van der Waals surface area contributed by atoms with E-state index in [0.29, 0.717) is 12.6 Å². The summed E-state index contributed by atoms with van der Waals surface area (Å²) >= 11 is 3.35. The van der Waals surface area contributed by atoms with E-state index in [-0.39, 0.29) is 17.5 Å². The van der Waals surface area contributed by atoms with Gasteiger partial charge in [0.15, 0.2) is 0 Å². The molecule has 0 bridgehead atoms. The fourth-order valence-corrected chi connectivity index (χ4v) is 2.25. The summed E-state index contributed by atoms with van der Waals surface area (Å²) in [7, 11) is 0. The van der Waals surface area contributed by atoms with Crippen molar-refractivity contribution in [3.8, 4) is 0 Å². The summed E-state index contributed by atoms with van der Waals surface area (Å²) < 4.78 is 0.722. The molecule has 1 fully saturated rings. The molecule has 20 heavy (non-hydrogen) atoms. The third kappa shape index (κ3) is 4.05. The lowest BCUT2D eigenvalue weighted by Crippen LogP contribution is -2.42. The normalized spacial score (nSPS) is 15.7. The highest BCUT2D eigenvalue weighted by Gasteiger charge is 2.25. The molecule has 0 saturated heterocycles. The summed E-state index contributed by atoms with van der Waals surface area (Å²) in [4.78, 5) is 22.6. The van der Waals surface area contributed by atoms with Crippen molar-refractivity contribution in [1.29, 1.82) is 0 Å². The third-order valence-electron chi connectivity index (χ3n) is 3.22. The van der Waals surface area contributed by atoms with Crippen molar-refractivity contribution in [2.75, 3.05) is 0 Å². The van der Waals surface area contributed by atoms with Gasteiger partial charge in [-0.15, -0.1) is 0 Å². The van der Waals surface area contributed by atoms with Crippen LogP contribution in [0.2, 0.25) is 0 Å². The van der Waals surface area contributed by atoms with Crippen LogP contribution in [0.5, 0.6) is 0 Å². The van der Waals surface area contributed by atoms with Crippen molar-refractivity contribution in [1.82, 2.24) is 10.6 Å². The molecule has 1 amide bonds. The van der Waals surface area contributed by atoms with Crippen LogP contribution < -0.4 is 10.6 Å². The molecule has 1 aromatic rings. The molecule has 6 heteroatoms. The van der Waals surface area contributed by atoms with E-state index in [4.69, 9.17) is 5.11 Å². The number of hydrogen-bond donors (Lipinski definition) is 3. The Labute approximate surface area is 125 Å². The minimum Gasteiger partial charge on any atom is -0.478 e. The van der Waals surface area contributed by atoms with Crippen molar-refractivity contribution < 1.29 is 14.7 Å². The van der Waals surface area contributed by atoms with E-state index in [1.807, 2.05) is 6.92 Å². The predicted octanol–water partition coefficient (Wildman–Crippen LogP) is 1.90. The highest BCUT2D eigenvalue weighted by Crippen LogP contribution is 2.20. The highest BCUT2D eigenvalue weighted by atomic mass is 79.9. The van der Waals surface area contributed by atoms with Gasteiger partial charge in [-0.2, -0.15) is 0 Å². The first-order chi connectivity index (χ1) is 9.47. The van der Waals surface area contributed by atoms with Gasteiger partial charge in [-0.1, -0.05) is 22.0 Å². The van der Waals surface area contributed by atoms with E-state index in [0.717, 1.165) is 22.9 Å². The molecule has 1 aliphatic carbocycles. The number of hydrogen-bond acceptors (Lipinski definition) is 3. The van der Waals surface area contributed by atoms with Gasteiger partial charge in [0, 0.05) is 17.1 Å². The summed E-state index contributed by atoms with van der Waals surface area (Å²) in [5.74, 6) is -0.951. The number of carboxylic acids is 1. The number of carboxylic acid groups (broad SMARTS) is 1. The van der Waals surface area contributed by atoms with Crippen LogP contribution in [0.15, 0.2) is 22.7 Å². The monoisotopic (exact) mass is 340 g/mol. The maximum atomic E-state index is 11.8. The Bertz CT molecular complexity index is 529. The smallest absolute Gasteiger partial charge is 0.335 e. The largest absolute Gasteiger partial charge is 0.478 e. The van der Waals surface area contributed by atoms with Crippen molar-refractivity contribution in [3.63, 3.8) is 0 Å². The van der Waals surface area contributed by atoms with Gasteiger partial charge in [-0.3, -0.25) is 4.79 Å². The minimum atomic E-state index is -0.956. The Balaban J connectivity index is 1.89. The fraction of sp³-hybridized carbons (Fsp3) is 0.429. The Morgan fingerprint density at radius 1 is 1.45 bits per heavy atom. The van der Waals surface area contributed by atoms with E-state index >= 15 is 0 Å². The van der Waals surface area contributed by atoms with Crippen molar-refractivity contribution in [2.45, 2.75) is 38.4 Å². The first-order valence-corrected chi connectivity index (χ1v) is 7.32. The topological polar surface area (TPSA) is 78.4 Å². The number of carbonyl (C=O) groups is 2. The minimum absolute atomic E-state index is 0.00535. The average molecular weight is 341 g/mol. The summed E-state index contributed by atoms with van der Waals surface area (Å²) in [6.07, 6.45) is 2.14. The van der Waals surface area contributed by atoms with Gasteiger partial charge in [0.2, 0.25) is 5.91 Å². The number of rotatable bonds is 6. The van der Waals surface area contributed by atoms with Crippen LogP contribution in [0.25, 0.3) is 0 Å². The highest BCUT2D eigenvalue weighted by molar-refractivity contribution is 9.10. The molecule has 1 saturated carbocycles. The van der Waals surface area contributed by atoms with E-state index in [9.17, 15) is 9.59 Å². The zero-order chi connectivity index (χ0) is 14.7. The first kappa shape index (κ1) is 15.0. The van der Waals surface area contributed by atoms with Crippen molar-refractivity contribution in [3.05, 3.63) is 33.8 Å². The molecule has 0 aliphatic heterocycles. The fourth-order valence-electron chi connectivity index (χ4n) is 1.73. The van der Waals surface area contributed by atoms with E-state index in [1.165, 1.54) is 0 Å². The SMILES string of the molecule is CC(NCc1ccc(C(=O)O)cc1Br)C(=O)NC1CC1. The zero-order valence-corrected chi connectivity index (χ0v) is 12.7. The second-order valence-corrected chi connectivity index (χ2v) is 5.85. The summed E-state index contributed by atoms with van der Waals surface area (Å²) in [6, 6.07) is 4.94. The third-order valence-corrected chi connectivity index (χ3v) is 3.95. The predicted molar refractivity (Wildman–Crippen MR) is 78.6 cm³/mol. The molecule has 108 valence electrons. The van der Waals surface area contributed by atoms with Crippen molar-refractivity contribution in [2.24, 2.45) is 0 Å². The molecule has 1 atom stereocenters. The van der Waals surface area contributed by atoms with Gasteiger partial charge >= 0.3 is 5.97 Å². The van der Waals surface area contributed by atoms with Crippen LogP contribution in [0.4, 0.5) is 0 Å². The molecule has 5 nitrogen and oxygen atoms in total. The average Bonchev–Trinajstić information content (AvgIpc) is 3.20. The second-order valence-electron chi connectivity index (χ2n) is 5.00. The maximum absolute atomic E-state index is 11.8. The first-order valence-electron chi connectivity index (χ1n) is 6.53. The van der Waals surface area contributed by atoms with Crippen LogP contribution in [0.3, 0.4) is 0 Å². The van der Waals surface area contributed by atoms with Crippen LogP contribution in [-0.2, 0) is 11.3 Å². The van der Waals surface area contributed by atoms with Crippen LogP contribution >= 0.6 is 15.9 Å². The van der Waals surface area contributed by atoms with Gasteiger partial charge in [0.1, 0.15) is 0 Å². The number of carbonyl (C=O) groups excluding carboxylic acids is 1. The second kappa shape index (κ2) is 6.37. The Kier molecular flexibility index (Phi) is 4.77. The van der Waals surface area contributed by atoms with Crippen LogP contribution in [0.1, 0.15) is 35.7 Å². The lowest BCUT2D eigenvalue weighted by atomic mass is 10.1.